The molecular formula is C33H20N2O2S. The molecule has 0 N–H and O–H groups in total. The third-order valence-corrected chi connectivity index (χ3v) is 9.34. The summed E-state index contributed by atoms with van der Waals surface area (Å²) >= 11 is 0. The molecule has 0 atom stereocenters. The minimum Gasteiger partial charge on any atom is -0.290 e. The summed E-state index contributed by atoms with van der Waals surface area (Å²) in [6.07, 6.45) is 0. The predicted molar refractivity (Wildman–Crippen MR) is 152 cm³/mol. The molecule has 0 amide bonds. The number of para-hydroxylation sites is 1. The summed E-state index contributed by atoms with van der Waals surface area (Å²) in [7, 11) is -3.76. The Kier molecular flexibility index (Phi) is 4.29. The first-order valence-corrected chi connectivity index (χ1v) is 14.0. The van der Waals surface area contributed by atoms with Crippen LogP contribution in [0.2, 0.25) is 0 Å². The van der Waals surface area contributed by atoms with E-state index < -0.39 is 9.84 Å². The van der Waals surface area contributed by atoms with Crippen molar-refractivity contribution in [1.29, 1.82) is 0 Å². The molecule has 0 saturated carbocycles. The van der Waals surface area contributed by atoms with Gasteiger partial charge in [-0.1, -0.05) is 91.0 Å². The van der Waals surface area contributed by atoms with Crippen molar-refractivity contribution >= 4 is 42.4 Å². The van der Waals surface area contributed by atoms with Gasteiger partial charge in [0.25, 0.3) is 0 Å². The highest BCUT2D eigenvalue weighted by Crippen LogP contribution is 2.44. The second-order valence-electron chi connectivity index (χ2n) is 9.64. The van der Waals surface area contributed by atoms with Gasteiger partial charge in [-0.15, -0.1) is 0 Å². The highest BCUT2D eigenvalue weighted by molar-refractivity contribution is 7.92. The average molecular weight is 509 g/mol. The number of aromatic nitrogens is 2. The lowest BCUT2D eigenvalue weighted by Gasteiger charge is -2.22. The van der Waals surface area contributed by atoms with E-state index in [0.717, 1.165) is 38.7 Å². The van der Waals surface area contributed by atoms with Crippen molar-refractivity contribution in [2.75, 3.05) is 0 Å². The second-order valence-corrected chi connectivity index (χ2v) is 11.5. The molecule has 38 heavy (non-hydrogen) atoms. The summed E-state index contributed by atoms with van der Waals surface area (Å²) in [5.74, 6) is 0.730. The van der Waals surface area contributed by atoms with Gasteiger partial charge in [0.1, 0.15) is 5.82 Å². The molecule has 0 radical (unpaired) electrons. The molecule has 2 heterocycles. The summed E-state index contributed by atoms with van der Waals surface area (Å²) in [5.41, 5.74) is 4.73. The normalized spacial score (nSPS) is 13.7. The zero-order valence-electron chi connectivity index (χ0n) is 20.2. The number of sulfone groups is 1. The number of imidazole rings is 1. The van der Waals surface area contributed by atoms with Crippen molar-refractivity contribution < 1.29 is 8.42 Å². The smallest absolute Gasteiger partial charge is 0.210 e. The van der Waals surface area contributed by atoms with Gasteiger partial charge in [0, 0.05) is 5.56 Å². The SMILES string of the molecule is O=S1(=O)c2cc(-c3cc4ccccc4c4ccccc34)ccc2-n2c(-c3ccccc3)nc3cccc1c32. The number of hydrogen-bond donors (Lipinski definition) is 0. The highest BCUT2D eigenvalue weighted by Gasteiger charge is 2.34. The lowest BCUT2D eigenvalue weighted by molar-refractivity contribution is 0.594. The third kappa shape index (κ3) is 2.85. The number of hydrogen-bond acceptors (Lipinski definition) is 3. The van der Waals surface area contributed by atoms with Crippen molar-refractivity contribution in [3.05, 3.63) is 121 Å². The van der Waals surface area contributed by atoms with Gasteiger partial charge in [-0.3, -0.25) is 4.57 Å². The minimum atomic E-state index is -3.76. The molecule has 1 aliphatic heterocycles. The van der Waals surface area contributed by atoms with E-state index in [4.69, 9.17) is 4.98 Å². The Hall–Kier alpha value is -4.74. The maximum absolute atomic E-state index is 14.0. The van der Waals surface area contributed by atoms with E-state index in [9.17, 15) is 8.42 Å². The lowest BCUT2D eigenvalue weighted by atomic mass is 9.93. The van der Waals surface area contributed by atoms with Gasteiger partial charge in [-0.25, -0.2) is 13.4 Å². The molecule has 1 aliphatic rings. The molecule has 0 fully saturated rings. The van der Waals surface area contributed by atoms with Crippen LogP contribution in [0.5, 0.6) is 0 Å². The zero-order chi connectivity index (χ0) is 25.4. The zero-order valence-corrected chi connectivity index (χ0v) is 21.0. The van der Waals surface area contributed by atoms with Gasteiger partial charge >= 0.3 is 0 Å². The molecule has 4 nitrogen and oxygen atoms in total. The topological polar surface area (TPSA) is 52.0 Å². The number of nitrogens with zero attached hydrogens (tertiary/aromatic N) is 2. The molecule has 0 spiro atoms. The van der Waals surface area contributed by atoms with Crippen LogP contribution >= 0.6 is 0 Å². The maximum Gasteiger partial charge on any atom is 0.210 e. The van der Waals surface area contributed by atoms with Gasteiger partial charge < -0.3 is 0 Å². The van der Waals surface area contributed by atoms with Crippen molar-refractivity contribution in [3.63, 3.8) is 0 Å². The summed E-state index contributed by atoms with van der Waals surface area (Å²) in [6, 6.07) is 39.8. The van der Waals surface area contributed by atoms with Gasteiger partial charge in [-0.05, 0) is 63.0 Å². The second kappa shape index (κ2) is 7.63. The predicted octanol–water partition coefficient (Wildman–Crippen LogP) is 7.81. The van der Waals surface area contributed by atoms with Gasteiger partial charge in [-0.2, -0.15) is 0 Å². The molecule has 180 valence electrons. The quantitative estimate of drug-likeness (QED) is 0.224. The van der Waals surface area contributed by atoms with E-state index in [2.05, 4.69) is 30.3 Å². The molecule has 0 aliphatic carbocycles. The fourth-order valence-corrected chi connectivity index (χ4v) is 7.48. The van der Waals surface area contributed by atoms with Crippen LogP contribution in [-0.4, -0.2) is 18.0 Å². The largest absolute Gasteiger partial charge is 0.290 e. The van der Waals surface area contributed by atoms with E-state index >= 15 is 0 Å². The van der Waals surface area contributed by atoms with E-state index in [1.165, 1.54) is 5.39 Å². The van der Waals surface area contributed by atoms with Crippen LogP contribution in [0.3, 0.4) is 0 Å². The highest BCUT2D eigenvalue weighted by atomic mass is 32.2. The van der Waals surface area contributed by atoms with E-state index in [0.29, 0.717) is 21.6 Å². The molecule has 7 aromatic rings. The summed E-state index contributed by atoms with van der Waals surface area (Å²) < 4.78 is 30.1. The Morgan fingerprint density at radius 3 is 2.16 bits per heavy atom. The molecular weight excluding hydrogens is 488 g/mol. The van der Waals surface area contributed by atoms with Crippen LogP contribution in [0.15, 0.2) is 131 Å². The first kappa shape index (κ1) is 21.4. The fourth-order valence-electron chi connectivity index (χ4n) is 5.82. The Morgan fingerprint density at radius 2 is 1.32 bits per heavy atom. The minimum absolute atomic E-state index is 0.290. The first-order valence-electron chi connectivity index (χ1n) is 12.5. The van der Waals surface area contributed by atoms with Crippen molar-refractivity contribution in [1.82, 2.24) is 9.55 Å². The average Bonchev–Trinajstić information content (AvgIpc) is 3.36. The summed E-state index contributed by atoms with van der Waals surface area (Å²) in [5, 5.41) is 4.54. The van der Waals surface area contributed by atoms with Crippen LogP contribution in [-0.2, 0) is 9.84 Å². The maximum atomic E-state index is 14.0. The van der Waals surface area contributed by atoms with Crippen LogP contribution in [0.25, 0.3) is 60.8 Å². The van der Waals surface area contributed by atoms with E-state index in [1.807, 2.05) is 83.4 Å². The van der Waals surface area contributed by atoms with Crippen molar-refractivity contribution in [2.24, 2.45) is 0 Å². The Morgan fingerprint density at radius 1 is 0.579 bits per heavy atom. The number of rotatable bonds is 2. The Labute approximate surface area is 219 Å². The first-order chi connectivity index (χ1) is 18.6. The molecule has 1 aromatic heterocycles. The van der Waals surface area contributed by atoms with Crippen LogP contribution in [0.1, 0.15) is 0 Å². The van der Waals surface area contributed by atoms with Crippen LogP contribution in [0, 0.1) is 0 Å². The Bertz CT molecular complexity index is 2200. The number of benzene rings is 6. The molecule has 6 aromatic carbocycles. The summed E-state index contributed by atoms with van der Waals surface area (Å²) in [6.45, 7) is 0. The molecule has 5 heteroatoms. The molecule has 8 rings (SSSR count). The van der Waals surface area contributed by atoms with Crippen LogP contribution in [0.4, 0.5) is 0 Å². The van der Waals surface area contributed by atoms with E-state index in [1.54, 1.807) is 12.1 Å². The van der Waals surface area contributed by atoms with Gasteiger partial charge in [0.2, 0.25) is 9.84 Å². The lowest BCUT2D eigenvalue weighted by Crippen LogP contribution is -2.15. The van der Waals surface area contributed by atoms with E-state index in [-0.39, 0.29) is 4.90 Å². The standard InChI is InChI=1S/C33H20N2O2S/c36-38(37)30-16-8-15-28-32(30)35(33(34-28)21-9-2-1-3-10-21)29-18-17-23(20-31(29)38)27-19-22-11-4-5-12-24(22)25-13-6-7-14-26(25)27/h1-20H. The molecule has 0 bridgehead atoms. The van der Waals surface area contributed by atoms with Gasteiger partial charge in [0.15, 0.2) is 0 Å². The van der Waals surface area contributed by atoms with Crippen molar-refractivity contribution in [3.8, 4) is 28.2 Å². The molecule has 0 saturated heterocycles. The summed E-state index contributed by atoms with van der Waals surface area (Å²) in [4.78, 5) is 5.46. The van der Waals surface area contributed by atoms with Gasteiger partial charge in [0.05, 0.1) is 26.5 Å². The fraction of sp³-hybridized carbons (Fsp3) is 0. The Balaban J connectivity index is 1.45. The monoisotopic (exact) mass is 508 g/mol. The number of fused-ring (bicyclic) bond motifs is 5. The third-order valence-electron chi connectivity index (χ3n) is 7.53. The molecule has 0 unspecified atom stereocenters. The van der Waals surface area contributed by atoms with Crippen molar-refractivity contribution in [2.45, 2.75) is 9.79 Å². The van der Waals surface area contributed by atoms with Crippen LogP contribution < -0.4 is 0 Å².